The number of nitrogens with zero attached hydrogens (tertiary/aromatic N) is 2. The maximum Gasteiger partial charge on any atom is 0.143 e. The molecule has 3 nitrogen and oxygen atoms in total. The molecule has 0 amide bonds. The molecule has 1 heterocycles. The normalized spacial score (nSPS) is 14.2. The summed E-state index contributed by atoms with van der Waals surface area (Å²) >= 11 is 7.59. The van der Waals surface area contributed by atoms with Crippen molar-refractivity contribution in [3.05, 3.63) is 43.8 Å². The number of rotatable bonds is 5. The fraction of sp³-hybridized carbons (Fsp3) is 0.333. The van der Waals surface area contributed by atoms with Crippen LogP contribution in [0.3, 0.4) is 0 Å². The third kappa shape index (κ3) is 3.90. The maximum atomic E-state index is 4.79. The van der Waals surface area contributed by atoms with Crippen LogP contribution in [0.1, 0.15) is 30.3 Å². The van der Waals surface area contributed by atoms with Gasteiger partial charge in [0, 0.05) is 22.3 Å². The Morgan fingerprint density at radius 3 is 2.62 bits per heavy atom. The summed E-state index contributed by atoms with van der Waals surface area (Å²) < 4.78 is 2.28. The molecule has 2 aromatic rings. The number of anilines is 1. The predicted molar refractivity (Wildman–Crippen MR) is 100.0 cm³/mol. The molecule has 1 aliphatic carbocycles. The van der Waals surface area contributed by atoms with Gasteiger partial charge in [0.15, 0.2) is 0 Å². The Bertz CT molecular complexity index is 644. The van der Waals surface area contributed by atoms with E-state index in [0.717, 1.165) is 21.9 Å². The molecule has 0 radical (unpaired) electrons. The van der Waals surface area contributed by atoms with Crippen LogP contribution in [0.5, 0.6) is 0 Å². The van der Waals surface area contributed by atoms with Crippen molar-refractivity contribution < 1.29 is 0 Å². The molecule has 1 saturated carbocycles. The molecule has 6 heteroatoms. The second kappa shape index (κ2) is 6.83. The predicted octanol–water partition coefficient (Wildman–Crippen LogP) is 5.06. The van der Waals surface area contributed by atoms with Crippen LogP contribution < -0.4 is 5.32 Å². The second-order valence-corrected chi connectivity index (χ2v) is 8.00. The molecule has 1 aliphatic rings. The van der Waals surface area contributed by atoms with Gasteiger partial charge in [-0.25, -0.2) is 9.97 Å². The lowest BCUT2D eigenvalue weighted by Crippen LogP contribution is -2.06. The van der Waals surface area contributed by atoms with Crippen LogP contribution in [-0.2, 0) is 5.75 Å². The topological polar surface area (TPSA) is 37.8 Å². The van der Waals surface area contributed by atoms with Crippen molar-refractivity contribution in [1.82, 2.24) is 9.97 Å². The number of thioether (sulfide) groups is 1. The van der Waals surface area contributed by atoms with Crippen molar-refractivity contribution in [2.24, 2.45) is 0 Å². The highest BCUT2D eigenvalue weighted by Gasteiger charge is 2.29. The molecule has 21 heavy (non-hydrogen) atoms. The van der Waals surface area contributed by atoms with E-state index < -0.39 is 0 Å². The SMILES string of the molecule is CNc1nc(CSc2ccc(Br)cc2)nc(C2CC2)c1I. The molecule has 110 valence electrons. The minimum Gasteiger partial charge on any atom is -0.372 e. The van der Waals surface area contributed by atoms with Gasteiger partial charge in [-0.3, -0.25) is 0 Å². The molecule has 3 rings (SSSR count). The Kier molecular flexibility index (Phi) is 5.06. The van der Waals surface area contributed by atoms with Crippen molar-refractivity contribution in [2.45, 2.75) is 29.4 Å². The Balaban J connectivity index is 1.78. The highest BCUT2D eigenvalue weighted by Crippen LogP contribution is 2.42. The van der Waals surface area contributed by atoms with Crippen molar-refractivity contribution in [3.8, 4) is 0 Å². The zero-order chi connectivity index (χ0) is 14.8. The molecule has 1 aromatic carbocycles. The number of aromatic nitrogens is 2. The van der Waals surface area contributed by atoms with E-state index in [1.54, 1.807) is 11.8 Å². The molecular weight excluding hydrogens is 461 g/mol. The van der Waals surface area contributed by atoms with Gasteiger partial charge in [-0.05, 0) is 59.7 Å². The molecule has 0 aliphatic heterocycles. The van der Waals surface area contributed by atoms with Gasteiger partial charge < -0.3 is 5.32 Å². The van der Waals surface area contributed by atoms with Gasteiger partial charge >= 0.3 is 0 Å². The number of benzene rings is 1. The summed E-state index contributed by atoms with van der Waals surface area (Å²) in [6.07, 6.45) is 2.52. The molecule has 0 bridgehead atoms. The third-order valence-electron chi connectivity index (χ3n) is 3.31. The van der Waals surface area contributed by atoms with Gasteiger partial charge in [0.05, 0.1) is 15.0 Å². The van der Waals surface area contributed by atoms with Crippen molar-refractivity contribution >= 4 is 56.1 Å². The first-order valence-corrected chi connectivity index (χ1v) is 9.65. The first-order valence-electron chi connectivity index (χ1n) is 6.80. The van der Waals surface area contributed by atoms with E-state index in [9.17, 15) is 0 Å². The van der Waals surface area contributed by atoms with E-state index in [1.165, 1.54) is 27.0 Å². The quantitative estimate of drug-likeness (QED) is 0.484. The number of halogens is 2. The van der Waals surface area contributed by atoms with E-state index in [2.05, 4.69) is 73.1 Å². The fourth-order valence-electron chi connectivity index (χ4n) is 2.05. The standard InChI is InChI=1S/C15H15BrIN3S/c1-18-15-13(17)14(9-2-3-9)19-12(20-15)8-21-11-6-4-10(16)5-7-11/h4-7,9H,2-3,8H2,1H3,(H,18,19,20). The molecule has 1 N–H and O–H groups in total. The molecule has 0 unspecified atom stereocenters. The van der Waals surface area contributed by atoms with Gasteiger partial charge in [-0.2, -0.15) is 0 Å². The first kappa shape index (κ1) is 15.6. The summed E-state index contributed by atoms with van der Waals surface area (Å²) in [7, 11) is 1.92. The summed E-state index contributed by atoms with van der Waals surface area (Å²) in [5.41, 5.74) is 1.22. The molecule has 1 aromatic heterocycles. The lowest BCUT2D eigenvalue weighted by molar-refractivity contribution is 0.920. The largest absolute Gasteiger partial charge is 0.372 e. The monoisotopic (exact) mass is 475 g/mol. The lowest BCUT2D eigenvalue weighted by Gasteiger charge is -2.10. The van der Waals surface area contributed by atoms with Gasteiger partial charge in [0.25, 0.3) is 0 Å². The maximum absolute atomic E-state index is 4.79. The molecule has 0 atom stereocenters. The minimum atomic E-state index is 0.642. The number of hydrogen-bond donors (Lipinski definition) is 1. The van der Waals surface area contributed by atoms with Crippen molar-refractivity contribution in [1.29, 1.82) is 0 Å². The number of nitrogens with one attached hydrogen (secondary N) is 1. The fourth-order valence-corrected chi connectivity index (χ4v) is 4.02. The van der Waals surface area contributed by atoms with Gasteiger partial charge in [-0.1, -0.05) is 15.9 Å². The molecular formula is C15H15BrIN3S. The van der Waals surface area contributed by atoms with E-state index in [0.29, 0.717) is 5.92 Å². The van der Waals surface area contributed by atoms with Crippen LogP contribution >= 0.6 is 50.3 Å². The second-order valence-electron chi connectivity index (χ2n) is 4.95. The van der Waals surface area contributed by atoms with Crippen LogP contribution in [-0.4, -0.2) is 17.0 Å². The lowest BCUT2D eigenvalue weighted by atomic mass is 10.2. The summed E-state index contributed by atoms with van der Waals surface area (Å²) in [6, 6.07) is 8.35. The van der Waals surface area contributed by atoms with E-state index in [1.807, 2.05) is 7.05 Å². The van der Waals surface area contributed by atoms with Crippen LogP contribution in [0.15, 0.2) is 33.6 Å². The first-order chi connectivity index (χ1) is 10.2. The van der Waals surface area contributed by atoms with E-state index >= 15 is 0 Å². The van der Waals surface area contributed by atoms with Gasteiger partial charge in [0.1, 0.15) is 11.6 Å². The smallest absolute Gasteiger partial charge is 0.143 e. The van der Waals surface area contributed by atoms with Crippen molar-refractivity contribution in [2.75, 3.05) is 12.4 Å². The molecule has 0 saturated heterocycles. The molecule has 0 spiro atoms. The van der Waals surface area contributed by atoms with E-state index in [-0.39, 0.29) is 0 Å². The van der Waals surface area contributed by atoms with Crippen LogP contribution in [0.4, 0.5) is 5.82 Å². The third-order valence-corrected chi connectivity index (χ3v) is 5.91. The van der Waals surface area contributed by atoms with Crippen LogP contribution in [0.25, 0.3) is 0 Å². The average molecular weight is 476 g/mol. The summed E-state index contributed by atoms with van der Waals surface area (Å²) in [5.74, 6) is 3.31. The highest BCUT2D eigenvalue weighted by atomic mass is 127. The van der Waals surface area contributed by atoms with Crippen LogP contribution in [0, 0.1) is 3.57 Å². The van der Waals surface area contributed by atoms with E-state index in [4.69, 9.17) is 4.98 Å². The Morgan fingerprint density at radius 1 is 1.29 bits per heavy atom. The Labute approximate surface area is 151 Å². The molecule has 1 fully saturated rings. The van der Waals surface area contributed by atoms with Gasteiger partial charge in [0.2, 0.25) is 0 Å². The average Bonchev–Trinajstić information content (AvgIpc) is 3.32. The zero-order valence-corrected chi connectivity index (χ0v) is 16.1. The highest BCUT2D eigenvalue weighted by molar-refractivity contribution is 14.1. The Morgan fingerprint density at radius 2 is 2.00 bits per heavy atom. The minimum absolute atomic E-state index is 0.642. The zero-order valence-electron chi connectivity index (χ0n) is 11.6. The summed E-state index contributed by atoms with van der Waals surface area (Å²) in [4.78, 5) is 10.7. The van der Waals surface area contributed by atoms with Crippen LogP contribution in [0.2, 0.25) is 0 Å². The number of hydrogen-bond acceptors (Lipinski definition) is 4. The van der Waals surface area contributed by atoms with Gasteiger partial charge in [-0.15, -0.1) is 11.8 Å². The Hall–Kier alpha value is -0.340. The van der Waals surface area contributed by atoms with Crippen molar-refractivity contribution in [3.63, 3.8) is 0 Å². The summed E-state index contributed by atoms with van der Waals surface area (Å²) in [6.45, 7) is 0. The summed E-state index contributed by atoms with van der Waals surface area (Å²) in [5, 5.41) is 3.19.